The molecule has 30 heavy (non-hydrogen) atoms. The van der Waals surface area contributed by atoms with Gasteiger partial charge in [0.2, 0.25) is 15.9 Å². The molecule has 1 heterocycles. The van der Waals surface area contributed by atoms with Crippen molar-refractivity contribution < 1.29 is 22.7 Å². The fraction of sp³-hybridized carbons (Fsp3) is 0.409. The van der Waals surface area contributed by atoms with Gasteiger partial charge < -0.3 is 14.8 Å². The van der Waals surface area contributed by atoms with Crippen LogP contribution in [0, 0.1) is 0 Å². The molecular weight excluding hydrogens is 404 g/mol. The highest BCUT2D eigenvalue weighted by Crippen LogP contribution is 2.25. The van der Waals surface area contributed by atoms with Crippen molar-refractivity contribution >= 4 is 15.9 Å². The van der Waals surface area contributed by atoms with Gasteiger partial charge >= 0.3 is 0 Å². The smallest absolute Gasteiger partial charge is 0.224 e. The van der Waals surface area contributed by atoms with E-state index in [0.717, 1.165) is 28.2 Å². The van der Waals surface area contributed by atoms with Crippen LogP contribution in [0.2, 0.25) is 0 Å². The number of nitrogens with zero attached hydrogens (tertiary/aromatic N) is 1. The molecule has 0 unspecified atom stereocenters. The maximum atomic E-state index is 12.7. The number of benzene rings is 2. The van der Waals surface area contributed by atoms with Gasteiger partial charge in [0.1, 0.15) is 11.5 Å². The molecule has 8 heteroatoms. The van der Waals surface area contributed by atoms with Crippen LogP contribution in [0.15, 0.2) is 42.5 Å². The molecule has 1 N–H and O–H groups in total. The van der Waals surface area contributed by atoms with Gasteiger partial charge in [0, 0.05) is 19.6 Å². The Morgan fingerprint density at radius 3 is 2.53 bits per heavy atom. The molecule has 0 saturated carbocycles. The third-order valence-corrected chi connectivity index (χ3v) is 6.88. The summed E-state index contributed by atoms with van der Waals surface area (Å²) >= 11 is 0. The fourth-order valence-electron chi connectivity index (χ4n) is 3.43. The highest BCUT2D eigenvalue weighted by atomic mass is 32.2. The minimum Gasteiger partial charge on any atom is -0.497 e. The minimum atomic E-state index is -3.45. The third-order valence-electron chi connectivity index (χ3n) is 5.07. The molecule has 1 amide bonds. The molecule has 1 aliphatic heterocycles. The third kappa shape index (κ3) is 5.73. The van der Waals surface area contributed by atoms with Gasteiger partial charge in [-0.2, -0.15) is 4.31 Å². The fourth-order valence-corrected chi connectivity index (χ4v) is 4.76. The van der Waals surface area contributed by atoms with Crippen molar-refractivity contribution in [2.45, 2.75) is 26.3 Å². The first kappa shape index (κ1) is 22.1. The normalized spacial score (nSPS) is 14.1. The minimum absolute atomic E-state index is 0.0875. The summed E-state index contributed by atoms with van der Waals surface area (Å²) in [7, 11) is -1.83. The van der Waals surface area contributed by atoms with E-state index in [9.17, 15) is 13.2 Å². The van der Waals surface area contributed by atoms with Crippen molar-refractivity contribution in [2.24, 2.45) is 0 Å². The largest absolute Gasteiger partial charge is 0.497 e. The molecule has 0 aromatic heterocycles. The number of carbonyl (C=O) groups is 1. The zero-order valence-corrected chi connectivity index (χ0v) is 18.2. The van der Waals surface area contributed by atoms with Crippen LogP contribution in [0.3, 0.4) is 0 Å². The summed E-state index contributed by atoms with van der Waals surface area (Å²) in [5.41, 5.74) is 2.96. The molecule has 1 aliphatic rings. The van der Waals surface area contributed by atoms with Crippen LogP contribution in [0.1, 0.15) is 23.6 Å². The Kier molecular flexibility index (Phi) is 7.33. The van der Waals surface area contributed by atoms with Crippen LogP contribution in [0.25, 0.3) is 0 Å². The monoisotopic (exact) mass is 432 g/mol. The number of carbonyl (C=O) groups excluding carboxylic acids is 1. The number of ether oxygens (including phenoxy) is 2. The number of methoxy groups -OCH3 is 1. The first-order chi connectivity index (χ1) is 14.4. The molecule has 0 fully saturated rings. The number of hydrogen-bond acceptors (Lipinski definition) is 5. The molecule has 162 valence electrons. The highest BCUT2D eigenvalue weighted by Gasteiger charge is 2.26. The molecule has 0 spiro atoms. The number of fused-ring (bicyclic) bond motifs is 1. The van der Waals surface area contributed by atoms with Gasteiger partial charge in [0.25, 0.3) is 0 Å². The van der Waals surface area contributed by atoms with Gasteiger partial charge in [0.15, 0.2) is 0 Å². The quantitative estimate of drug-likeness (QED) is 0.656. The molecule has 3 rings (SSSR count). The van der Waals surface area contributed by atoms with Crippen molar-refractivity contribution in [3.8, 4) is 11.5 Å². The van der Waals surface area contributed by atoms with E-state index >= 15 is 0 Å². The molecule has 0 bridgehead atoms. The first-order valence-electron chi connectivity index (χ1n) is 10.0. The Hall–Kier alpha value is -2.58. The average molecular weight is 433 g/mol. The van der Waals surface area contributed by atoms with E-state index in [1.54, 1.807) is 7.11 Å². The van der Waals surface area contributed by atoms with E-state index < -0.39 is 10.0 Å². The van der Waals surface area contributed by atoms with Crippen LogP contribution in [0.5, 0.6) is 11.5 Å². The highest BCUT2D eigenvalue weighted by molar-refractivity contribution is 7.89. The van der Waals surface area contributed by atoms with Crippen molar-refractivity contribution in [1.82, 2.24) is 9.62 Å². The van der Waals surface area contributed by atoms with Gasteiger partial charge in [-0.1, -0.05) is 18.2 Å². The van der Waals surface area contributed by atoms with E-state index in [2.05, 4.69) is 5.32 Å². The summed E-state index contributed by atoms with van der Waals surface area (Å²) in [5, 5.41) is 2.71. The second-order valence-electron chi connectivity index (χ2n) is 7.14. The van der Waals surface area contributed by atoms with Crippen molar-refractivity contribution in [1.29, 1.82) is 0 Å². The van der Waals surface area contributed by atoms with E-state index in [1.807, 2.05) is 49.4 Å². The van der Waals surface area contributed by atoms with E-state index in [-0.39, 0.29) is 24.6 Å². The Morgan fingerprint density at radius 2 is 1.83 bits per heavy atom. The maximum Gasteiger partial charge on any atom is 0.224 e. The van der Waals surface area contributed by atoms with Crippen molar-refractivity contribution in [3.63, 3.8) is 0 Å². The average Bonchev–Trinajstić information content (AvgIpc) is 2.74. The van der Waals surface area contributed by atoms with Crippen LogP contribution in [0.4, 0.5) is 0 Å². The number of rotatable bonds is 9. The zero-order chi connectivity index (χ0) is 21.6. The van der Waals surface area contributed by atoms with Crippen LogP contribution >= 0.6 is 0 Å². The van der Waals surface area contributed by atoms with E-state index in [1.165, 1.54) is 4.31 Å². The molecular formula is C22H28N2O5S. The lowest BCUT2D eigenvalue weighted by Gasteiger charge is -2.28. The Balaban J connectivity index is 1.48. The summed E-state index contributed by atoms with van der Waals surface area (Å²) in [4.78, 5) is 12.1. The lowest BCUT2D eigenvalue weighted by atomic mass is 10.0. The molecule has 0 saturated heterocycles. The summed E-state index contributed by atoms with van der Waals surface area (Å²) in [6.45, 7) is 3.37. The topological polar surface area (TPSA) is 84.9 Å². The van der Waals surface area contributed by atoms with Crippen LogP contribution < -0.4 is 14.8 Å². The predicted molar refractivity (Wildman–Crippen MR) is 115 cm³/mol. The van der Waals surface area contributed by atoms with Gasteiger partial charge in [-0.05, 0) is 54.3 Å². The lowest BCUT2D eigenvalue weighted by molar-refractivity contribution is -0.120. The van der Waals surface area contributed by atoms with Gasteiger partial charge in [-0.15, -0.1) is 0 Å². The first-order valence-corrected chi connectivity index (χ1v) is 11.6. The maximum absolute atomic E-state index is 12.7. The molecule has 0 radical (unpaired) electrons. The second-order valence-corrected chi connectivity index (χ2v) is 9.23. The number of nitrogens with one attached hydrogen (secondary N) is 1. The number of hydrogen-bond donors (Lipinski definition) is 1. The van der Waals surface area contributed by atoms with E-state index in [0.29, 0.717) is 26.1 Å². The summed E-state index contributed by atoms with van der Waals surface area (Å²) in [6, 6.07) is 13.0. The summed E-state index contributed by atoms with van der Waals surface area (Å²) in [5.74, 6) is 1.22. The predicted octanol–water partition coefficient (Wildman–Crippen LogP) is 2.14. The second kappa shape index (κ2) is 9.95. The lowest BCUT2D eigenvalue weighted by Crippen LogP contribution is -2.40. The molecule has 2 aromatic carbocycles. The Morgan fingerprint density at radius 1 is 1.10 bits per heavy atom. The number of sulfonamides is 1. The molecule has 2 aromatic rings. The summed E-state index contributed by atoms with van der Waals surface area (Å²) in [6.07, 6.45) is 0.848. The van der Waals surface area contributed by atoms with Gasteiger partial charge in [-0.3, -0.25) is 4.79 Å². The molecule has 0 atom stereocenters. The standard InChI is InChI=1S/C22H28N2O5S/c1-3-29-20-7-4-17(5-8-20)14-22(25)23-11-13-30(26,27)24-12-10-18-15-21(28-2)9-6-19(18)16-24/h4-9,15H,3,10-14,16H2,1-2H3,(H,23,25). The number of amides is 1. The SMILES string of the molecule is CCOc1ccc(CC(=O)NCCS(=O)(=O)N2CCc3cc(OC)ccc3C2)cc1. The molecule has 0 aliphatic carbocycles. The Bertz CT molecular complexity index is 974. The zero-order valence-electron chi connectivity index (χ0n) is 17.4. The van der Waals surface area contributed by atoms with Gasteiger partial charge in [-0.25, -0.2) is 8.42 Å². The van der Waals surface area contributed by atoms with E-state index in [4.69, 9.17) is 9.47 Å². The Labute approximate surface area is 178 Å². The van der Waals surface area contributed by atoms with Crippen molar-refractivity contribution in [2.75, 3.05) is 32.6 Å². The summed E-state index contributed by atoms with van der Waals surface area (Å²) < 4.78 is 37.5. The van der Waals surface area contributed by atoms with Crippen molar-refractivity contribution in [3.05, 3.63) is 59.2 Å². The van der Waals surface area contributed by atoms with Crippen LogP contribution in [-0.4, -0.2) is 51.2 Å². The molecule has 7 nitrogen and oxygen atoms in total. The van der Waals surface area contributed by atoms with Crippen LogP contribution in [-0.2, 0) is 34.2 Å². The van der Waals surface area contributed by atoms with Gasteiger partial charge in [0.05, 0.1) is 25.9 Å².